The molecule has 1 heterocycles. The van der Waals surface area contributed by atoms with E-state index in [-0.39, 0.29) is 12.3 Å². The summed E-state index contributed by atoms with van der Waals surface area (Å²) in [7, 11) is 0. The number of carboxylic acids is 1. The number of hydrogen-bond acceptors (Lipinski definition) is 3. The Bertz CT molecular complexity index is 493. The first-order valence-electron chi connectivity index (χ1n) is 5.35. The Balaban J connectivity index is 2.43. The van der Waals surface area contributed by atoms with Crippen LogP contribution < -0.4 is 5.11 Å². The molecule has 1 amide bonds. The summed E-state index contributed by atoms with van der Waals surface area (Å²) in [6.07, 6.45) is 3.24. The SMILES string of the molecule is CC(=O)N1C=Cc2ccccc2[C@H]1CC(=O)[O-]. The van der Waals surface area contributed by atoms with Gasteiger partial charge in [-0.25, -0.2) is 0 Å². The van der Waals surface area contributed by atoms with Crippen LogP contribution in [0.5, 0.6) is 0 Å². The van der Waals surface area contributed by atoms with Crippen LogP contribution in [0.25, 0.3) is 6.08 Å². The molecule has 0 saturated carbocycles. The third-order valence-corrected chi connectivity index (χ3v) is 2.83. The van der Waals surface area contributed by atoms with Gasteiger partial charge in [0.1, 0.15) is 0 Å². The number of carboxylic acid groups (broad SMARTS) is 1. The maximum atomic E-state index is 11.5. The van der Waals surface area contributed by atoms with Gasteiger partial charge in [-0.05, 0) is 17.2 Å². The van der Waals surface area contributed by atoms with E-state index in [4.69, 9.17) is 0 Å². The van der Waals surface area contributed by atoms with Crippen LogP contribution in [0.1, 0.15) is 30.5 Å². The minimum Gasteiger partial charge on any atom is -0.550 e. The third kappa shape index (κ3) is 2.20. The van der Waals surface area contributed by atoms with Gasteiger partial charge in [-0.3, -0.25) is 4.79 Å². The van der Waals surface area contributed by atoms with E-state index < -0.39 is 12.0 Å². The molecule has 0 aromatic heterocycles. The van der Waals surface area contributed by atoms with Gasteiger partial charge in [0.05, 0.1) is 6.04 Å². The molecule has 0 fully saturated rings. The number of carbonyl (C=O) groups is 2. The highest BCUT2D eigenvalue weighted by molar-refractivity contribution is 5.79. The molecule has 1 atom stereocenters. The predicted octanol–water partition coefficient (Wildman–Crippen LogP) is 0.700. The van der Waals surface area contributed by atoms with Crippen molar-refractivity contribution in [2.45, 2.75) is 19.4 Å². The first-order valence-corrected chi connectivity index (χ1v) is 5.35. The lowest BCUT2D eigenvalue weighted by Crippen LogP contribution is -2.35. The van der Waals surface area contributed by atoms with Crippen LogP contribution in [-0.4, -0.2) is 16.8 Å². The van der Waals surface area contributed by atoms with Crippen molar-refractivity contribution >= 4 is 18.0 Å². The number of rotatable bonds is 2. The second-order valence-electron chi connectivity index (χ2n) is 3.96. The standard InChI is InChI=1S/C13H13NO3/c1-9(15)14-7-6-10-4-2-3-5-11(10)12(14)8-13(16)17/h2-7,12H,8H2,1H3,(H,16,17)/p-1/t12-/m1/s1. The van der Waals surface area contributed by atoms with Crippen molar-refractivity contribution in [2.75, 3.05) is 0 Å². The summed E-state index contributed by atoms with van der Waals surface area (Å²) in [6.45, 7) is 1.42. The summed E-state index contributed by atoms with van der Waals surface area (Å²) in [6, 6.07) is 6.97. The number of benzene rings is 1. The molecule has 4 heteroatoms. The normalized spacial score (nSPS) is 17.7. The maximum absolute atomic E-state index is 11.5. The number of amides is 1. The summed E-state index contributed by atoms with van der Waals surface area (Å²) < 4.78 is 0. The Kier molecular flexibility index (Phi) is 2.95. The van der Waals surface area contributed by atoms with E-state index in [2.05, 4.69) is 0 Å². The Labute approximate surface area is 99.2 Å². The van der Waals surface area contributed by atoms with Gasteiger partial charge in [0.25, 0.3) is 0 Å². The zero-order chi connectivity index (χ0) is 12.4. The molecule has 0 spiro atoms. The quantitative estimate of drug-likeness (QED) is 0.751. The first kappa shape index (κ1) is 11.4. The average molecular weight is 230 g/mol. The largest absolute Gasteiger partial charge is 0.550 e. The van der Waals surface area contributed by atoms with Gasteiger partial charge in [-0.2, -0.15) is 0 Å². The predicted molar refractivity (Wildman–Crippen MR) is 60.4 cm³/mol. The molecule has 0 unspecified atom stereocenters. The molecule has 2 rings (SSSR count). The number of nitrogens with zero attached hydrogens (tertiary/aromatic N) is 1. The molecule has 1 aliphatic heterocycles. The van der Waals surface area contributed by atoms with Gasteiger partial charge in [-0.1, -0.05) is 24.3 Å². The van der Waals surface area contributed by atoms with Crippen LogP contribution in [-0.2, 0) is 9.59 Å². The lowest BCUT2D eigenvalue weighted by molar-refractivity contribution is -0.306. The lowest BCUT2D eigenvalue weighted by atomic mass is 9.94. The van der Waals surface area contributed by atoms with Crippen molar-refractivity contribution in [3.63, 3.8) is 0 Å². The molecular weight excluding hydrogens is 218 g/mol. The molecule has 0 radical (unpaired) electrons. The van der Waals surface area contributed by atoms with E-state index in [9.17, 15) is 14.7 Å². The molecule has 4 nitrogen and oxygen atoms in total. The second kappa shape index (κ2) is 4.41. The highest BCUT2D eigenvalue weighted by atomic mass is 16.4. The number of aliphatic carboxylic acids is 1. The molecule has 0 aliphatic carbocycles. The lowest BCUT2D eigenvalue weighted by Gasteiger charge is -2.32. The summed E-state index contributed by atoms with van der Waals surface area (Å²) in [5, 5.41) is 10.8. The van der Waals surface area contributed by atoms with E-state index in [0.717, 1.165) is 11.1 Å². The van der Waals surface area contributed by atoms with Crippen LogP contribution >= 0.6 is 0 Å². The average Bonchev–Trinajstić information content (AvgIpc) is 2.28. The smallest absolute Gasteiger partial charge is 0.223 e. The highest BCUT2D eigenvalue weighted by Gasteiger charge is 2.25. The van der Waals surface area contributed by atoms with Crippen LogP contribution in [0.4, 0.5) is 0 Å². The van der Waals surface area contributed by atoms with Gasteiger partial charge in [0, 0.05) is 25.5 Å². The van der Waals surface area contributed by atoms with Crippen LogP contribution in [0, 0.1) is 0 Å². The topological polar surface area (TPSA) is 60.4 Å². The van der Waals surface area contributed by atoms with E-state index in [1.807, 2.05) is 30.3 Å². The molecule has 17 heavy (non-hydrogen) atoms. The van der Waals surface area contributed by atoms with Crippen LogP contribution in [0.2, 0.25) is 0 Å². The fraction of sp³-hybridized carbons (Fsp3) is 0.231. The summed E-state index contributed by atoms with van der Waals surface area (Å²) in [4.78, 5) is 23.7. The summed E-state index contributed by atoms with van der Waals surface area (Å²) in [5.41, 5.74) is 1.78. The fourth-order valence-corrected chi connectivity index (χ4v) is 2.07. The van der Waals surface area contributed by atoms with E-state index in [1.165, 1.54) is 11.8 Å². The third-order valence-electron chi connectivity index (χ3n) is 2.83. The van der Waals surface area contributed by atoms with Crippen molar-refractivity contribution in [1.29, 1.82) is 0 Å². The Morgan fingerprint density at radius 1 is 1.35 bits per heavy atom. The molecule has 0 saturated heterocycles. The monoisotopic (exact) mass is 230 g/mol. The van der Waals surface area contributed by atoms with Crippen molar-refractivity contribution in [3.8, 4) is 0 Å². The van der Waals surface area contributed by atoms with Gasteiger partial charge in [0.15, 0.2) is 0 Å². The molecule has 1 aromatic rings. The van der Waals surface area contributed by atoms with E-state index in [1.54, 1.807) is 6.20 Å². The molecular formula is C13H12NO3-. The van der Waals surface area contributed by atoms with E-state index in [0.29, 0.717) is 0 Å². The zero-order valence-electron chi connectivity index (χ0n) is 9.42. The van der Waals surface area contributed by atoms with Crippen LogP contribution in [0.3, 0.4) is 0 Å². The number of hydrogen-bond donors (Lipinski definition) is 0. The molecule has 1 aromatic carbocycles. The second-order valence-corrected chi connectivity index (χ2v) is 3.96. The van der Waals surface area contributed by atoms with Crippen molar-refractivity contribution < 1.29 is 14.7 Å². The van der Waals surface area contributed by atoms with Gasteiger partial charge in [0.2, 0.25) is 5.91 Å². The number of carbonyl (C=O) groups excluding carboxylic acids is 2. The summed E-state index contributed by atoms with van der Waals surface area (Å²) >= 11 is 0. The minimum atomic E-state index is -1.16. The van der Waals surface area contributed by atoms with Crippen molar-refractivity contribution in [3.05, 3.63) is 41.6 Å². The van der Waals surface area contributed by atoms with Crippen LogP contribution in [0.15, 0.2) is 30.5 Å². The van der Waals surface area contributed by atoms with E-state index >= 15 is 0 Å². The fourth-order valence-electron chi connectivity index (χ4n) is 2.07. The summed E-state index contributed by atoms with van der Waals surface area (Å²) in [5.74, 6) is -1.34. The van der Waals surface area contributed by atoms with Gasteiger partial charge < -0.3 is 14.8 Å². The zero-order valence-corrected chi connectivity index (χ0v) is 9.42. The Morgan fingerprint density at radius 2 is 2.06 bits per heavy atom. The van der Waals surface area contributed by atoms with Gasteiger partial charge in [-0.15, -0.1) is 0 Å². The molecule has 0 N–H and O–H groups in total. The van der Waals surface area contributed by atoms with Crippen molar-refractivity contribution in [2.24, 2.45) is 0 Å². The van der Waals surface area contributed by atoms with Crippen molar-refractivity contribution in [1.82, 2.24) is 4.90 Å². The Hall–Kier alpha value is -2.10. The highest BCUT2D eigenvalue weighted by Crippen LogP contribution is 2.32. The van der Waals surface area contributed by atoms with Gasteiger partial charge >= 0.3 is 0 Å². The number of fused-ring (bicyclic) bond motifs is 1. The molecule has 88 valence electrons. The Morgan fingerprint density at radius 3 is 2.71 bits per heavy atom. The molecule has 0 bridgehead atoms. The maximum Gasteiger partial charge on any atom is 0.223 e. The minimum absolute atomic E-state index is 0.179. The first-order chi connectivity index (χ1) is 8.09. The molecule has 1 aliphatic rings.